The lowest BCUT2D eigenvalue weighted by atomic mass is 10.1. The molecule has 10 heteroatoms. The smallest absolute Gasteiger partial charge is 0.222 e. The molecule has 1 saturated heterocycles. The van der Waals surface area contributed by atoms with Crippen LogP contribution in [-0.4, -0.2) is 49.4 Å². The summed E-state index contributed by atoms with van der Waals surface area (Å²) in [6, 6.07) is 5.27. The minimum absolute atomic E-state index is 0.212. The Labute approximate surface area is 153 Å². The number of nitrogens with one attached hydrogen (secondary N) is 1. The van der Waals surface area contributed by atoms with Gasteiger partial charge < -0.3 is 11.1 Å². The van der Waals surface area contributed by atoms with Crippen molar-refractivity contribution in [2.45, 2.75) is 13.3 Å². The molecule has 26 heavy (non-hydrogen) atoms. The molecule has 2 aromatic rings. The first kappa shape index (κ1) is 18.4. The maximum absolute atomic E-state index is 11.2. The summed E-state index contributed by atoms with van der Waals surface area (Å²) in [7, 11) is -1.46. The highest BCUT2D eigenvalue weighted by molar-refractivity contribution is 8.23. The largest absolute Gasteiger partial charge is 0.382 e. The molecule has 0 spiro atoms. The number of nitrogens with two attached hydrogens (primary N) is 1. The number of carbonyl (C=O) groups is 1. The van der Waals surface area contributed by atoms with E-state index >= 15 is 0 Å². The predicted octanol–water partition coefficient (Wildman–Crippen LogP) is 2.41. The quantitative estimate of drug-likeness (QED) is 0.641. The maximum atomic E-state index is 11.2. The SMILES string of the molecule is CC(=O)Nc1cc(-c2cnc(N)c(N3CCCN(C)S3(O)O)c2)ccn1. The Hall–Kier alpha value is -2.40. The van der Waals surface area contributed by atoms with Crippen LogP contribution in [0.15, 0.2) is 30.6 Å². The van der Waals surface area contributed by atoms with Gasteiger partial charge in [0.1, 0.15) is 17.3 Å². The molecular formula is C16H22N6O3S. The summed E-state index contributed by atoms with van der Waals surface area (Å²) in [5.74, 6) is 0.437. The molecule has 9 nitrogen and oxygen atoms in total. The number of aromatic nitrogens is 2. The van der Waals surface area contributed by atoms with Crippen molar-refractivity contribution in [1.82, 2.24) is 14.3 Å². The maximum Gasteiger partial charge on any atom is 0.222 e. The summed E-state index contributed by atoms with van der Waals surface area (Å²) in [6.07, 6.45) is 3.96. The van der Waals surface area contributed by atoms with Crippen LogP contribution in [0.5, 0.6) is 0 Å². The van der Waals surface area contributed by atoms with E-state index in [0.29, 0.717) is 24.6 Å². The number of hydrogen-bond acceptors (Lipinski definition) is 8. The third-order valence-electron chi connectivity index (χ3n) is 4.11. The molecule has 1 aliphatic heterocycles. The number of anilines is 3. The standard InChI is InChI=1S/C16H22N6O3S/c1-11(23)20-15-9-12(4-5-18-15)13-8-14(16(17)19-10-13)22-7-3-6-21(2)26(22,24)25/h4-5,8-10,24-25H,3,6-7H2,1-2H3,(H2,17,19)(H,18,20,23). The fourth-order valence-corrected chi connectivity index (χ4v) is 4.28. The van der Waals surface area contributed by atoms with E-state index in [1.807, 2.05) is 0 Å². The minimum atomic E-state index is -3.12. The molecule has 0 unspecified atom stereocenters. The number of amides is 1. The van der Waals surface area contributed by atoms with Crippen molar-refractivity contribution in [3.05, 3.63) is 30.6 Å². The number of carbonyl (C=O) groups excluding carboxylic acids is 1. The topological polar surface area (TPSA) is 128 Å². The molecule has 0 aromatic carbocycles. The van der Waals surface area contributed by atoms with Crippen LogP contribution in [0.25, 0.3) is 11.1 Å². The second-order valence-corrected chi connectivity index (χ2v) is 8.08. The average Bonchev–Trinajstić information content (AvgIpc) is 2.58. The molecule has 2 aromatic heterocycles. The van der Waals surface area contributed by atoms with Crippen LogP contribution in [0.4, 0.5) is 17.3 Å². The van der Waals surface area contributed by atoms with Crippen LogP contribution in [0, 0.1) is 0 Å². The normalized spacial score (nSPS) is 18.4. The Bertz CT molecular complexity index is 831. The molecule has 0 saturated carbocycles. The van der Waals surface area contributed by atoms with Gasteiger partial charge in [-0.25, -0.2) is 9.97 Å². The summed E-state index contributed by atoms with van der Waals surface area (Å²) in [5.41, 5.74) is 7.98. The molecule has 0 bridgehead atoms. The Morgan fingerprint density at radius 2 is 2.04 bits per heavy atom. The van der Waals surface area contributed by atoms with Gasteiger partial charge >= 0.3 is 0 Å². The van der Waals surface area contributed by atoms with Gasteiger partial charge in [0.05, 0.1) is 0 Å². The number of nitrogen functional groups attached to an aromatic ring is 1. The van der Waals surface area contributed by atoms with Gasteiger partial charge in [-0.15, -0.1) is 0 Å². The second-order valence-electron chi connectivity index (χ2n) is 6.04. The molecule has 0 radical (unpaired) electrons. The average molecular weight is 378 g/mol. The predicted molar refractivity (Wildman–Crippen MR) is 104 cm³/mol. The van der Waals surface area contributed by atoms with Crippen molar-refractivity contribution in [1.29, 1.82) is 0 Å². The summed E-state index contributed by atoms with van der Waals surface area (Å²) < 4.78 is 24.1. The van der Waals surface area contributed by atoms with Crippen molar-refractivity contribution < 1.29 is 13.9 Å². The number of pyridine rings is 2. The van der Waals surface area contributed by atoms with E-state index in [0.717, 1.165) is 17.5 Å². The number of rotatable bonds is 3. The van der Waals surface area contributed by atoms with Gasteiger partial charge in [-0.3, -0.25) is 18.2 Å². The van der Waals surface area contributed by atoms with Crippen molar-refractivity contribution >= 4 is 34.2 Å². The Balaban J connectivity index is 1.99. The van der Waals surface area contributed by atoms with E-state index in [1.165, 1.54) is 15.5 Å². The molecule has 5 N–H and O–H groups in total. The Morgan fingerprint density at radius 1 is 1.27 bits per heavy atom. The zero-order valence-corrected chi connectivity index (χ0v) is 15.4. The van der Waals surface area contributed by atoms with Gasteiger partial charge in [0.25, 0.3) is 0 Å². The van der Waals surface area contributed by atoms with Crippen LogP contribution in [0.3, 0.4) is 0 Å². The molecule has 140 valence electrons. The third kappa shape index (κ3) is 3.58. The van der Waals surface area contributed by atoms with E-state index < -0.39 is 11.0 Å². The Morgan fingerprint density at radius 3 is 2.77 bits per heavy atom. The van der Waals surface area contributed by atoms with Gasteiger partial charge in [0.2, 0.25) is 5.91 Å². The van der Waals surface area contributed by atoms with Crippen LogP contribution in [-0.2, 0) is 4.79 Å². The van der Waals surface area contributed by atoms with Crippen molar-refractivity contribution in [3.63, 3.8) is 0 Å². The molecule has 1 aliphatic rings. The highest BCUT2D eigenvalue weighted by atomic mass is 32.3. The van der Waals surface area contributed by atoms with Crippen LogP contribution < -0.4 is 15.4 Å². The zero-order valence-electron chi connectivity index (χ0n) is 14.6. The molecule has 3 heterocycles. The summed E-state index contributed by atoms with van der Waals surface area (Å²) >= 11 is 0. The van der Waals surface area contributed by atoms with Crippen LogP contribution in [0.2, 0.25) is 0 Å². The summed E-state index contributed by atoms with van der Waals surface area (Å²) in [6.45, 7) is 2.47. The second kappa shape index (κ2) is 7.08. The van der Waals surface area contributed by atoms with Gasteiger partial charge in [-0.2, -0.15) is 4.31 Å². The van der Waals surface area contributed by atoms with Gasteiger partial charge in [0, 0.05) is 45.0 Å². The minimum Gasteiger partial charge on any atom is -0.382 e. The fraction of sp³-hybridized carbons (Fsp3) is 0.312. The van der Waals surface area contributed by atoms with Gasteiger partial charge in [0.15, 0.2) is 0 Å². The van der Waals surface area contributed by atoms with Gasteiger partial charge in [-0.1, -0.05) is 11.0 Å². The highest BCUT2D eigenvalue weighted by Gasteiger charge is 2.33. The zero-order chi connectivity index (χ0) is 18.9. The van der Waals surface area contributed by atoms with Crippen molar-refractivity contribution in [3.8, 4) is 11.1 Å². The monoisotopic (exact) mass is 378 g/mol. The lowest BCUT2D eigenvalue weighted by Gasteiger charge is -2.52. The van der Waals surface area contributed by atoms with Crippen molar-refractivity contribution in [2.75, 3.05) is 35.5 Å². The lowest BCUT2D eigenvalue weighted by Crippen LogP contribution is -2.44. The van der Waals surface area contributed by atoms with E-state index in [4.69, 9.17) is 5.73 Å². The molecule has 0 atom stereocenters. The first-order valence-electron chi connectivity index (χ1n) is 8.06. The third-order valence-corrected chi connectivity index (χ3v) is 6.10. The molecule has 0 aliphatic carbocycles. The first-order valence-corrected chi connectivity index (χ1v) is 9.52. The first-order chi connectivity index (χ1) is 12.3. The van der Waals surface area contributed by atoms with Gasteiger partial charge in [-0.05, 0) is 30.2 Å². The van der Waals surface area contributed by atoms with E-state index in [-0.39, 0.29) is 11.7 Å². The highest BCUT2D eigenvalue weighted by Crippen LogP contribution is 2.52. The number of hydrogen-bond donors (Lipinski definition) is 4. The molecule has 1 fully saturated rings. The van der Waals surface area contributed by atoms with Crippen molar-refractivity contribution in [2.24, 2.45) is 0 Å². The molecular weight excluding hydrogens is 356 g/mol. The van der Waals surface area contributed by atoms with E-state index in [9.17, 15) is 13.9 Å². The fourth-order valence-electron chi connectivity index (χ4n) is 2.78. The number of nitrogens with zero attached hydrogens (tertiary/aromatic N) is 4. The molecule has 3 rings (SSSR count). The lowest BCUT2D eigenvalue weighted by molar-refractivity contribution is -0.114. The molecule has 1 amide bonds. The Kier molecular flexibility index (Phi) is 5.01. The summed E-state index contributed by atoms with van der Waals surface area (Å²) in [4.78, 5) is 19.5. The van der Waals surface area contributed by atoms with Crippen LogP contribution >= 0.6 is 11.0 Å². The summed E-state index contributed by atoms with van der Waals surface area (Å²) in [5, 5.41) is 2.64. The van der Waals surface area contributed by atoms with Crippen LogP contribution in [0.1, 0.15) is 13.3 Å². The van der Waals surface area contributed by atoms with E-state index in [2.05, 4.69) is 15.3 Å². The van der Waals surface area contributed by atoms with E-state index in [1.54, 1.807) is 37.6 Å².